The molecule has 6 rings (SSSR count). The van der Waals surface area contributed by atoms with Crippen LogP contribution in [0.4, 0.5) is 0 Å². The maximum atomic E-state index is 5.46. The summed E-state index contributed by atoms with van der Waals surface area (Å²) >= 11 is 4.02. The van der Waals surface area contributed by atoms with Crippen LogP contribution < -0.4 is 0 Å². The minimum absolute atomic E-state index is 0.722. The lowest BCUT2D eigenvalue weighted by Gasteiger charge is -2.37. The van der Waals surface area contributed by atoms with Gasteiger partial charge >= 0.3 is 0 Å². The Bertz CT molecular complexity index is 1540. The number of aromatic nitrogens is 2. The summed E-state index contributed by atoms with van der Waals surface area (Å²) in [4.78, 5) is 0. The van der Waals surface area contributed by atoms with Gasteiger partial charge in [0.2, 0.25) is 0 Å². The molecule has 1 heterocycles. The fourth-order valence-electron chi connectivity index (χ4n) is 5.29. The summed E-state index contributed by atoms with van der Waals surface area (Å²) in [7, 11) is 0. The molecule has 0 saturated carbocycles. The Morgan fingerprint density at radius 3 is 1.39 bits per heavy atom. The third-order valence-electron chi connectivity index (χ3n) is 7.09. The minimum atomic E-state index is -0.722. The van der Waals surface area contributed by atoms with Crippen LogP contribution in [-0.4, -0.2) is 9.78 Å². The number of halogens is 1. The van der Waals surface area contributed by atoms with Crippen molar-refractivity contribution in [1.29, 1.82) is 0 Å². The lowest BCUT2D eigenvalue weighted by atomic mass is 9.76. The Hall–Kier alpha value is -4.21. The molecule has 0 aliphatic carbocycles. The van der Waals surface area contributed by atoms with E-state index >= 15 is 0 Å². The highest BCUT2D eigenvalue weighted by Crippen LogP contribution is 2.47. The molecule has 0 fully saturated rings. The zero-order valence-corrected chi connectivity index (χ0v) is 22.7. The Morgan fingerprint density at radius 1 is 0.526 bits per heavy atom. The Balaban J connectivity index is 1.79. The average molecular weight is 556 g/mol. The molecular weight excluding hydrogens is 528 g/mol. The zero-order valence-electron chi connectivity index (χ0n) is 21.1. The van der Waals surface area contributed by atoms with Gasteiger partial charge in [0.15, 0.2) is 0 Å². The molecule has 184 valence electrons. The van der Waals surface area contributed by atoms with Gasteiger partial charge in [-0.25, -0.2) is 4.68 Å². The number of hydrogen-bond donors (Lipinski definition) is 0. The first-order valence-electron chi connectivity index (χ1n) is 12.8. The molecule has 0 amide bonds. The van der Waals surface area contributed by atoms with Crippen LogP contribution >= 0.6 is 15.9 Å². The van der Waals surface area contributed by atoms with Gasteiger partial charge in [0.25, 0.3) is 0 Å². The fourth-order valence-corrected chi connectivity index (χ4v) is 5.99. The van der Waals surface area contributed by atoms with Crippen LogP contribution in [0.15, 0.2) is 150 Å². The molecule has 2 nitrogen and oxygen atoms in total. The minimum Gasteiger partial charge on any atom is -0.243 e. The number of hydrogen-bond acceptors (Lipinski definition) is 1. The number of rotatable bonds is 6. The predicted octanol–water partition coefficient (Wildman–Crippen LogP) is 9.13. The van der Waals surface area contributed by atoms with Gasteiger partial charge in [-0.2, -0.15) is 5.10 Å². The summed E-state index contributed by atoms with van der Waals surface area (Å²) in [6, 6.07) is 51.2. The summed E-state index contributed by atoms with van der Waals surface area (Å²) in [6.07, 6.45) is 0. The molecule has 0 aliphatic rings. The van der Waals surface area contributed by atoms with Gasteiger partial charge in [0, 0.05) is 11.1 Å². The quantitative estimate of drug-likeness (QED) is 0.188. The van der Waals surface area contributed by atoms with Crippen molar-refractivity contribution in [1.82, 2.24) is 9.78 Å². The lowest BCUT2D eigenvalue weighted by molar-refractivity contribution is 0.466. The second-order valence-corrected chi connectivity index (χ2v) is 10.3. The largest absolute Gasteiger partial charge is 0.243 e. The maximum absolute atomic E-state index is 5.46. The van der Waals surface area contributed by atoms with Gasteiger partial charge in [-0.05, 0) is 39.5 Å². The number of nitrogens with zero attached hydrogens (tertiary/aromatic N) is 2. The molecule has 0 N–H and O–H groups in total. The first-order valence-corrected chi connectivity index (χ1v) is 13.6. The highest BCUT2D eigenvalue weighted by Gasteiger charge is 2.42. The monoisotopic (exact) mass is 554 g/mol. The van der Waals surface area contributed by atoms with Crippen molar-refractivity contribution in [2.75, 3.05) is 0 Å². The van der Waals surface area contributed by atoms with Crippen molar-refractivity contribution in [3.05, 3.63) is 172 Å². The average Bonchev–Trinajstić information content (AvgIpc) is 3.33. The van der Waals surface area contributed by atoms with Crippen molar-refractivity contribution in [2.45, 2.75) is 12.5 Å². The van der Waals surface area contributed by atoms with Crippen molar-refractivity contribution < 1.29 is 0 Å². The second-order valence-electron chi connectivity index (χ2n) is 9.46. The zero-order chi connectivity index (χ0) is 26.0. The molecule has 38 heavy (non-hydrogen) atoms. The Labute approximate surface area is 232 Å². The molecule has 5 aromatic carbocycles. The summed E-state index contributed by atoms with van der Waals surface area (Å²) in [5.41, 5.74) is 8.02. The van der Waals surface area contributed by atoms with Gasteiger partial charge in [-0.1, -0.05) is 151 Å². The molecular formula is C35H27BrN2. The summed E-state index contributed by atoms with van der Waals surface area (Å²) in [5, 5.41) is 5.46. The van der Waals surface area contributed by atoms with E-state index in [1.54, 1.807) is 0 Å². The van der Waals surface area contributed by atoms with Crippen molar-refractivity contribution >= 4 is 15.9 Å². The molecule has 6 aromatic rings. The van der Waals surface area contributed by atoms with Crippen molar-refractivity contribution in [2.24, 2.45) is 0 Å². The van der Waals surface area contributed by atoms with Gasteiger partial charge in [0.05, 0.1) is 10.2 Å². The molecule has 0 aliphatic heterocycles. The highest BCUT2D eigenvalue weighted by atomic mass is 79.9. The van der Waals surface area contributed by atoms with E-state index in [0.29, 0.717) is 0 Å². The van der Waals surface area contributed by atoms with Crippen LogP contribution in [0, 0.1) is 6.92 Å². The molecule has 0 saturated heterocycles. The lowest BCUT2D eigenvalue weighted by Crippen LogP contribution is -2.39. The van der Waals surface area contributed by atoms with Crippen LogP contribution in [0.2, 0.25) is 0 Å². The third kappa shape index (κ3) is 4.09. The summed E-state index contributed by atoms with van der Waals surface area (Å²) in [6.45, 7) is 2.11. The Morgan fingerprint density at radius 2 is 0.947 bits per heavy atom. The Kier molecular flexibility index (Phi) is 6.53. The van der Waals surface area contributed by atoms with E-state index in [9.17, 15) is 0 Å². The van der Waals surface area contributed by atoms with Gasteiger partial charge in [0.1, 0.15) is 11.2 Å². The molecule has 0 unspecified atom stereocenters. The molecule has 3 heteroatoms. The smallest absolute Gasteiger partial charge is 0.138 e. The molecule has 0 atom stereocenters. The van der Waals surface area contributed by atoms with E-state index in [-0.39, 0.29) is 0 Å². The first-order chi connectivity index (χ1) is 18.7. The normalized spacial score (nSPS) is 11.4. The maximum Gasteiger partial charge on any atom is 0.138 e. The second kappa shape index (κ2) is 10.3. The van der Waals surface area contributed by atoms with Crippen molar-refractivity contribution in [3.8, 4) is 22.5 Å². The third-order valence-corrected chi connectivity index (χ3v) is 7.84. The van der Waals surface area contributed by atoms with Crippen LogP contribution in [0.3, 0.4) is 0 Å². The van der Waals surface area contributed by atoms with E-state index in [1.165, 1.54) is 5.56 Å². The van der Waals surface area contributed by atoms with Crippen LogP contribution in [0.25, 0.3) is 22.5 Å². The predicted molar refractivity (Wildman–Crippen MR) is 160 cm³/mol. The van der Waals surface area contributed by atoms with Gasteiger partial charge < -0.3 is 0 Å². The van der Waals surface area contributed by atoms with Gasteiger partial charge in [-0.3, -0.25) is 0 Å². The molecule has 1 aromatic heterocycles. The number of aryl methyl sites for hydroxylation is 1. The van der Waals surface area contributed by atoms with Gasteiger partial charge in [-0.15, -0.1) is 0 Å². The molecule has 0 spiro atoms. The van der Waals surface area contributed by atoms with Crippen LogP contribution in [0.1, 0.15) is 22.3 Å². The van der Waals surface area contributed by atoms with Crippen LogP contribution in [-0.2, 0) is 5.54 Å². The summed E-state index contributed by atoms with van der Waals surface area (Å²) in [5.74, 6) is 0. The van der Waals surface area contributed by atoms with Crippen LogP contribution in [0.5, 0.6) is 0 Å². The van der Waals surface area contributed by atoms with E-state index in [1.807, 2.05) is 0 Å². The van der Waals surface area contributed by atoms with E-state index in [0.717, 1.165) is 43.7 Å². The topological polar surface area (TPSA) is 17.8 Å². The standard InChI is InChI=1S/C35H27BrN2/c1-26-22-24-27(25-23-26)33-32(36)34(28-14-6-2-7-15-28)38(37-33)35(29-16-8-3-9-17-29,30-18-10-4-11-19-30)31-20-12-5-13-21-31/h2-25H,1H3. The number of benzene rings is 5. The van der Waals surface area contributed by atoms with E-state index in [2.05, 4.69) is 173 Å². The van der Waals surface area contributed by atoms with E-state index < -0.39 is 5.54 Å². The van der Waals surface area contributed by atoms with Crippen molar-refractivity contribution in [3.63, 3.8) is 0 Å². The molecule has 0 radical (unpaired) electrons. The molecule has 0 bridgehead atoms. The fraction of sp³-hybridized carbons (Fsp3) is 0.0571. The highest BCUT2D eigenvalue weighted by molar-refractivity contribution is 9.10. The van der Waals surface area contributed by atoms with E-state index in [4.69, 9.17) is 5.10 Å². The SMILES string of the molecule is Cc1ccc(-c2nn(C(c3ccccc3)(c3ccccc3)c3ccccc3)c(-c3ccccc3)c2Br)cc1. The first kappa shape index (κ1) is 24.1. The summed E-state index contributed by atoms with van der Waals surface area (Å²) < 4.78 is 3.20.